The van der Waals surface area contributed by atoms with Crippen molar-refractivity contribution >= 4 is 22.3 Å². The Kier molecular flexibility index (Phi) is 4.18. The van der Waals surface area contributed by atoms with E-state index >= 15 is 0 Å². The predicted octanol–water partition coefficient (Wildman–Crippen LogP) is 1.04. The van der Waals surface area contributed by atoms with Gasteiger partial charge < -0.3 is 15.0 Å². The molecule has 0 bridgehead atoms. The minimum absolute atomic E-state index is 0.0460. The second-order valence-corrected chi connectivity index (χ2v) is 4.86. The summed E-state index contributed by atoms with van der Waals surface area (Å²) in [6.45, 7) is 3.87. The maximum absolute atomic E-state index is 11.7. The number of hydrogen-bond donors (Lipinski definition) is 2. The average molecular weight is 292 g/mol. The largest absolute Gasteiger partial charge is 0.395 e. The normalized spacial score (nSPS) is 11.0. The second kappa shape index (κ2) is 5.88. The molecule has 1 heterocycles. The Bertz CT molecular complexity index is 726. The summed E-state index contributed by atoms with van der Waals surface area (Å²) in [6.07, 6.45) is 1.26. The third kappa shape index (κ3) is 2.84. The molecule has 0 aliphatic heterocycles. The fourth-order valence-electron chi connectivity index (χ4n) is 2.23. The van der Waals surface area contributed by atoms with Crippen molar-refractivity contribution in [3.05, 3.63) is 38.9 Å². The summed E-state index contributed by atoms with van der Waals surface area (Å²) in [5, 5.41) is 20.6. The van der Waals surface area contributed by atoms with Crippen molar-refractivity contribution in [2.45, 2.75) is 19.9 Å². The monoisotopic (exact) mass is 292 g/mol. The Morgan fingerprint density at radius 3 is 2.76 bits per heavy atom. The molecule has 0 aliphatic carbocycles. The quantitative estimate of drug-likeness (QED) is 0.629. The number of benzene rings is 1. The Labute approximate surface area is 120 Å². The number of aliphatic hydroxyl groups is 1. The van der Waals surface area contributed by atoms with E-state index in [2.05, 4.69) is 9.97 Å². The van der Waals surface area contributed by atoms with E-state index in [-0.39, 0.29) is 30.3 Å². The van der Waals surface area contributed by atoms with E-state index in [9.17, 15) is 14.9 Å². The van der Waals surface area contributed by atoms with Crippen molar-refractivity contribution < 1.29 is 10.0 Å². The summed E-state index contributed by atoms with van der Waals surface area (Å²) >= 11 is 0. The van der Waals surface area contributed by atoms with Gasteiger partial charge in [0.1, 0.15) is 5.69 Å². The fraction of sp³-hybridized carbons (Fsp3) is 0.385. The number of hydrogen-bond acceptors (Lipinski definition) is 6. The number of H-pyrrole nitrogens is 1. The molecule has 21 heavy (non-hydrogen) atoms. The van der Waals surface area contributed by atoms with Gasteiger partial charge in [-0.1, -0.05) is 0 Å². The van der Waals surface area contributed by atoms with Gasteiger partial charge in [0, 0.05) is 18.7 Å². The van der Waals surface area contributed by atoms with E-state index in [0.29, 0.717) is 11.2 Å². The molecule has 0 saturated heterocycles. The first-order valence-corrected chi connectivity index (χ1v) is 6.49. The third-order valence-corrected chi connectivity index (χ3v) is 3.21. The van der Waals surface area contributed by atoms with Crippen LogP contribution in [0.25, 0.3) is 10.9 Å². The van der Waals surface area contributed by atoms with Crippen LogP contribution in [0.15, 0.2) is 23.3 Å². The summed E-state index contributed by atoms with van der Waals surface area (Å²) in [5.74, 6) is 0. The van der Waals surface area contributed by atoms with Gasteiger partial charge in [-0.2, -0.15) is 0 Å². The molecule has 8 heteroatoms. The average Bonchev–Trinajstić information content (AvgIpc) is 2.43. The van der Waals surface area contributed by atoms with Crippen LogP contribution in [-0.4, -0.2) is 39.2 Å². The number of aliphatic hydroxyl groups excluding tert-OH is 1. The Balaban J connectivity index is 2.74. The van der Waals surface area contributed by atoms with Gasteiger partial charge in [-0.15, -0.1) is 0 Å². The summed E-state index contributed by atoms with van der Waals surface area (Å²) < 4.78 is 0. The zero-order valence-corrected chi connectivity index (χ0v) is 11.7. The number of anilines is 1. The lowest BCUT2D eigenvalue weighted by atomic mass is 10.1. The number of aromatic amines is 1. The molecule has 0 amide bonds. The van der Waals surface area contributed by atoms with E-state index in [1.165, 1.54) is 18.5 Å². The van der Waals surface area contributed by atoms with E-state index in [4.69, 9.17) is 5.11 Å². The van der Waals surface area contributed by atoms with Crippen LogP contribution in [0.5, 0.6) is 0 Å². The molecule has 0 atom stereocenters. The molecule has 1 aromatic carbocycles. The molecule has 0 aliphatic rings. The molecule has 1 aromatic heterocycles. The third-order valence-electron chi connectivity index (χ3n) is 3.21. The van der Waals surface area contributed by atoms with Gasteiger partial charge in [0.15, 0.2) is 0 Å². The van der Waals surface area contributed by atoms with Crippen LogP contribution in [0.4, 0.5) is 11.4 Å². The summed E-state index contributed by atoms with van der Waals surface area (Å²) in [5.41, 5.74) is 0.119. The van der Waals surface area contributed by atoms with Crippen LogP contribution < -0.4 is 10.5 Å². The van der Waals surface area contributed by atoms with Crippen molar-refractivity contribution in [1.29, 1.82) is 0 Å². The first-order valence-electron chi connectivity index (χ1n) is 6.49. The highest BCUT2D eigenvalue weighted by atomic mass is 16.6. The maximum Gasteiger partial charge on any atom is 0.293 e. The SMILES string of the molecule is CC(C)N(CCO)c1cc2nc[nH]c(=O)c2cc1[N+](=O)[O-]. The number of nitro groups is 1. The fourth-order valence-corrected chi connectivity index (χ4v) is 2.23. The van der Waals surface area contributed by atoms with Crippen LogP contribution in [0.2, 0.25) is 0 Å². The molecular weight excluding hydrogens is 276 g/mol. The lowest BCUT2D eigenvalue weighted by Gasteiger charge is -2.27. The van der Waals surface area contributed by atoms with Crippen LogP contribution in [0.1, 0.15) is 13.8 Å². The predicted molar refractivity (Wildman–Crippen MR) is 78.6 cm³/mol. The molecule has 8 nitrogen and oxygen atoms in total. The van der Waals surface area contributed by atoms with Gasteiger partial charge in [0.2, 0.25) is 0 Å². The zero-order valence-electron chi connectivity index (χ0n) is 11.7. The van der Waals surface area contributed by atoms with Gasteiger partial charge >= 0.3 is 0 Å². The van der Waals surface area contributed by atoms with Crippen molar-refractivity contribution in [2.24, 2.45) is 0 Å². The number of nitro benzene ring substituents is 1. The van der Waals surface area contributed by atoms with E-state index in [0.717, 1.165) is 0 Å². The first-order chi connectivity index (χ1) is 9.95. The van der Waals surface area contributed by atoms with Gasteiger partial charge in [0.25, 0.3) is 11.2 Å². The smallest absolute Gasteiger partial charge is 0.293 e. The van der Waals surface area contributed by atoms with Crippen LogP contribution in [-0.2, 0) is 0 Å². The van der Waals surface area contributed by atoms with Gasteiger partial charge in [-0.05, 0) is 19.9 Å². The molecule has 0 spiro atoms. The zero-order chi connectivity index (χ0) is 15.6. The van der Waals surface area contributed by atoms with Crippen LogP contribution in [0, 0.1) is 10.1 Å². The number of aromatic nitrogens is 2. The van der Waals surface area contributed by atoms with Gasteiger partial charge in [-0.25, -0.2) is 4.98 Å². The number of nitrogens with one attached hydrogen (secondary N) is 1. The molecule has 2 N–H and O–H groups in total. The number of nitrogens with zero attached hydrogens (tertiary/aromatic N) is 3. The molecule has 0 saturated carbocycles. The first kappa shape index (κ1) is 14.9. The Hall–Kier alpha value is -2.48. The van der Waals surface area contributed by atoms with Crippen molar-refractivity contribution in [2.75, 3.05) is 18.1 Å². The molecule has 0 fully saturated rings. The lowest BCUT2D eigenvalue weighted by Crippen LogP contribution is -2.34. The molecule has 112 valence electrons. The molecule has 2 rings (SSSR count). The minimum atomic E-state index is -0.534. The maximum atomic E-state index is 11.7. The van der Waals surface area contributed by atoms with Crippen LogP contribution in [0.3, 0.4) is 0 Å². The highest BCUT2D eigenvalue weighted by Gasteiger charge is 2.23. The van der Waals surface area contributed by atoms with E-state index in [1.807, 2.05) is 13.8 Å². The second-order valence-electron chi connectivity index (χ2n) is 4.86. The molecule has 0 unspecified atom stereocenters. The summed E-state index contributed by atoms with van der Waals surface area (Å²) in [7, 11) is 0. The standard InChI is InChI=1S/C13H16N4O4/c1-8(2)16(3-4-18)11-6-10-9(5-12(11)17(20)21)13(19)15-7-14-10/h5-8,18H,3-4H2,1-2H3,(H,14,15,19). The van der Waals surface area contributed by atoms with Crippen molar-refractivity contribution in [3.63, 3.8) is 0 Å². The highest BCUT2D eigenvalue weighted by molar-refractivity contribution is 5.87. The van der Waals surface area contributed by atoms with Crippen LogP contribution >= 0.6 is 0 Å². The van der Waals surface area contributed by atoms with Gasteiger partial charge in [-0.3, -0.25) is 14.9 Å². The van der Waals surface area contributed by atoms with Gasteiger partial charge in [0.05, 0.1) is 28.8 Å². The van der Waals surface area contributed by atoms with E-state index < -0.39 is 10.5 Å². The van der Waals surface area contributed by atoms with Crippen molar-refractivity contribution in [1.82, 2.24) is 9.97 Å². The summed E-state index contributed by atoms with van der Waals surface area (Å²) in [4.78, 5) is 30.6. The highest BCUT2D eigenvalue weighted by Crippen LogP contribution is 2.32. The number of rotatable bonds is 5. The number of fused-ring (bicyclic) bond motifs is 1. The Morgan fingerprint density at radius 2 is 2.19 bits per heavy atom. The molecule has 2 aromatic rings. The Morgan fingerprint density at radius 1 is 1.48 bits per heavy atom. The minimum Gasteiger partial charge on any atom is -0.395 e. The molecular formula is C13H16N4O4. The van der Waals surface area contributed by atoms with Crippen molar-refractivity contribution in [3.8, 4) is 0 Å². The summed E-state index contributed by atoms with van der Waals surface area (Å²) in [6, 6.07) is 2.69. The lowest BCUT2D eigenvalue weighted by molar-refractivity contribution is -0.384. The topological polar surface area (TPSA) is 112 Å². The molecule has 0 radical (unpaired) electrons. The van der Waals surface area contributed by atoms with E-state index in [1.54, 1.807) is 4.90 Å².